The van der Waals surface area contributed by atoms with Crippen LogP contribution in [0.3, 0.4) is 0 Å². The third-order valence-electron chi connectivity index (χ3n) is 4.40. The minimum Gasteiger partial charge on any atom is -0.497 e. The number of anilines is 1. The highest BCUT2D eigenvalue weighted by Gasteiger charge is 2.24. The van der Waals surface area contributed by atoms with Crippen LogP contribution in [0.5, 0.6) is 11.5 Å². The molecule has 1 heterocycles. The second kappa shape index (κ2) is 7.66. The number of hydrogen-bond donors (Lipinski definition) is 0. The zero-order valence-corrected chi connectivity index (χ0v) is 15.1. The lowest BCUT2D eigenvalue weighted by Gasteiger charge is -2.36. The van der Waals surface area contributed by atoms with E-state index in [2.05, 4.69) is 4.90 Å². The van der Waals surface area contributed by atoms with Gasteiger partial charge in [-0.25, -0.2) is 0 Å². The molecule has 0 aromatic heterocycles. The number of benzene rings is 2. The normalized spacial score (nSPS) is 14.4. The molecule has 2 aromatic carbocycles. The summed E-state index contributed by atoms with van der Waals surface area (Å²) in [6.07, 6.45) is 0. The number of methoxy groups -OCH3 is 2. The SMILES string of the molecule is COc1ccc(C(=O)N2CCN(c3ccc(Cl)cc3)CC2)c(OC)c1. The van der Waals surface area contributed by atoms with Gasteiger partial charge in [-0.2, -0.15) is 0 Å². The molecule has 132 valence electrons. The monoisotopic (exact) mass is 360 g/mol. The van der Waals surface area contributed by atoms with E-state index in [4.69, 9.17) is 21.1 Å². The molecule has 3 rings (SSSR count). The zero-order chi connectivity index (χ0) is 17.8. The van der Waals surface area contributed by atoms with E-state index >= 15 is 0 Å². The maximum Gasteiger partial charge on any atom is 0.257 e. The van der Waals surface area contributed by atoms with Gasteiger partial charge in [0.2, 0.25) is 0 Å². The van der Waals surface area contributed by atoms with E-state index in [1.165, 1.54) is 0 Å². The van der Waals surface area contributed by atoms with Gasteiger partial charge in [0.05, 0.1) is 19.8 Å². The molecule has 0 aliphatic carbocycles. The van der Waals surface area contributed by atoms with Gasteiger partial charge < -0.3 is 19.3 Å². The van der Waals surface area contributed by atoms with Crippen LogP contribution in [0.4, 0.5) is 5.69 Å². The first-order chi connectivity index (χ1) is 12.1. The molecule has 1 aliphatic rings. The van der Waals surface area contributed by atoms with Gasteiger partial charge in [0.25, 0.3) is 5.91 Å². The van der Waals surface area contributed by atoms with Crippen molar-refractivity contribution < 1.29 is 14.3 Å². The Morgan fingerprint density at radius 2 is 1.64 bits per heavy atom. The summed E-state index contributed by atoms with van der Waals surface area (Å²) in [5.74, 6) is 1.18. The largest absolute Gasteiger partial charge is 0.497 e. The number of amides is 1. The van der Waals surface area contributed by atoms with Gasteiger partial charge in [-0.15, -0.1) is 0 Å². The van der Waals surface area contributed by atoms with Crippen molar-refractivity contribution in [3.05, 3.63) is 53.1 Å². The first kappa shape index (κ1) is 17.4. The molecule has 5 nitrogen and oxygen atoms in total. The number of hydrogen-bond acceptors (Lipinski definition) is 4. The van der Waals surface area contributed by atoms with E-state index in [0.717, 1.165) is 23.8 Å². The standard InChI is InChI=1S/C19H21ClN2O3/c1-24-16-7-8-17(18(13-16)25-2)19(23)22-11-9-21(10-12-22)15-5-3-14(20)4-6-15/h3-8,13H,9-12H2,1-2H3. The van der Waals surface area contributed by atoms with Crippen LogP contribution >= 0.6 is 11.6 Å². The minimum absolute atomic E-state index is 0.0183. The zero-order valence-electron chi connectivity index (χ0n) is 14.4. The molecule has 6 heteroatoms. The molecule has 0 saturated carbocycles. The molecule has 0 unspecified atom stereocenters. The predicted molar refractivity (Wildman–Crippen MR) is 99.1 cm³/mol. The number of ether oxygens (including phenoxy) is 2. The molecule has 0 atom stereocenters. The lowest BCUT2D eigenvalue weighted by molar-refractivity contribution is 0.0743. The fraction of sp³-hybridized carbons (Fsp3) is 0.316. The molecule has 0 bridgehead atoms. The van der Waals surface area contributed by atoms with Gasteiger partial charge in [0, 0.05) is 43.0 Å². The quantitative estimate of drug-likeness (QED) is 0.838. The Kier molecular flexibility index (Phi) is 5.34. The molecule has 1 aliphatic heterocycles. The van der Waals surface area contributed by atoms with Gasteiger partial charge in [0.15, 0.2) is 0 Å². The summed E-state index contributed by atoms with van der Waals surface area (Å²) < 4.78 is 10.5. The van der Waals surface area contributed by atoms with Crippen LogP contribution in [-0.4, -0.2) is 51.2 Å². The van der Waals surface area contributed by atoms with Crippen LogP contribution in [0.2, 0.25) is 5.02 Å². The van der Waals surface area contributed by atoms with Gasteiger partial charge >= 0.3 is 0 Å². The fourth-order valence-electron chi connectivity index (χ4n) is 2.97. The van der Waals surface area contributed by atoms with Crippen LogP contribution in [0.1, 0.15) is 10.4 Å². The molecule has 2 aromatic rings. The summed E-state index contributed by atoms with van der Waals surface area (Å²) in [4.78, 5) is 16.9. The molecule has 0 spiro atoms. The van der Waals surface area contributed by atoms with Crippen LogP contribution in [0, 0.1) is 0 Å². The number of piperazine rings is 1. The van der Waals surface area contributed by atoms with Crippen LogP contribution in [0.25, 0.3) is 0 Å². The Morgan fingerprint density at radius 1 is 0.960 bits per heavy atom. The third kappa shape index (κ3) is 3.82. The lowest BCUT2D eigenvalue weighted by atomic mass is 10.1. The Labute approximate surface area is 152 Å². The van der Waals surface area contributed by atoms with Crippen molar-refractivity contribution in [1.82, 2.24) is 4.90 Å². The van der Waals surface area contributed by atoms with Crippen molar-refractivity contribution in [3.8, 4) is 11.5 Å². The van der Waals surface area contributed by atoms with Crippen molar-refractivity contribution in [2.45, 2.75) is 0 Å². The first-order valence-electron chi connectivity index (χ1n) is 8.14. The summed E-state index contributed by atoms with van der Waals surface area (Å²) in [7, 11) is 3.15. The smallest absolute Gasteiger partial charge is 0.257 e. The highest BCUT2D eigenvalue weighted by atomic mass is 35.5. The Bertz CT molecular complexity index is 741. The maximum absolute atomic E-state index is 12.8. The first-order valence-corrected chi connectivity index (χ1v) is 8.52. The van der Waals surface area contributed by atoms with Crippen molar-refractivity contribution in [3.63, 3.8) is 0 Å². The summed E-state index contributed by atoms with van der Waals surface area (Å²) in [6, 6.07) is 13.0. The van der Waals surface area contributed by atoms with Crippen LogP contribution in [-0.2, 0) is 0 Å². The topological polar surface area (TPSA) is 42.0 Å². The van der Waals surface area contributed by atoms with Gasteiger partial charge in [-0.1, -0.05) is 11.6 Å². The maximum atomic E-state index is 12.8. The van der Waals surface area contributed by atoms with E-state index in [9.17, 15) is 4.79 Å². The number of halogens is 1. The Morgan fingerprint density at radius 3 is 2.24 bits per heavy atom. The lowest BCUT2D eigenvalue weighted by Crippen LogP contribution is -2.48. The van der Waals surface area contributed by atoms with Crippen LogP contribution in [0.15, 0.2) is 42.5 Å². The number of carbonyl (C=O) groups excluding carboxylic acids is 1. The molecule has 0 radical (unpaired) electrons. The molecule has 1 saturated heterocycles. The molecule has 1 fully saturated rings. The molecule has 0 N–H and O–H groups in total. The molecular formula is C19H21ClN2O3. The summed E-state index contributed by atoms with van der Waals surface area (Å²) in [5, 5.41) is 0.726. The Hall–Kier alpha value is -2.40. The van der Waals surface area contributed by atoms with Crippen molar-refractivity contribution in [2.75, 3.05) is 45.3 Å². The summed E-state index contributed by atoms with van der Waals surface area (Å²) in [5.41, 5.74) is 1.68. The molecule has 25 heavy (non-hydrogen) atoms. The van der Waals surface area contributed by atoms with Gasteiger partial charge in [0.1, 0.15) is 11.5 Å². The van der Waals surface area contributed by atoms with E-state index in [-0.39, 0.29) is 5.91 Å². The second-order valence-electron chi connectivity index (χ2n) is 5.82. The van der Waals surface area contributed by atoms with E-state index in [1.54, 1.807) is 32.4 Å². The minimum atomic E-state index is -0.0183. The van der Waals surface area contributed by atoms with Crippen molar-refractivity contribution in [1.29, 1.82) is 0 Å². The summed E-state index contributed by atoms with van der Waals surface area (Å²) >= 11 is 5.94. The molecule has 1 amide bonds. The highest BCUT2D eigenvalue weighted by Crippen LogP contribution is 2.26. The average molecular weight is 361 g/mol. The second-order valence-corrected chi connectivity index (χ2v) is 6.26. The number of nitrogens with zero attached hydrogens (tertiary/aromatic N) is 2. The Balaban J connectivity index is 1.68. The third-order valence-corrected chi connectivity index (χ3v) is 4.65. The van der Waals surface area contributed by atoms with E-state index < -0.39 is 0 Å². The average Bonchev–Trinajstić information content (AvgIpc) is 2.67. The van der Waals surface area contributed by atoms with E-state index in [0.29, 0.717) is 30.2 Å². The predicted octanol–water partition coefficient (Wildman–Crippen LogP) is 3.32. The van der Waals surface area contributed by atoms with Gasteiger partial charge in [-0.3, -0.25) is 4.79 Å². The van der Waals surface area contributed by atoms with Gasteiger partial charge in [-0.05, 0) is 36.4 Å². The van der Waals surface area contributed by atoms with Crippen LogP contribution < -0.4 is 14.4 Å². The number of rotatable bonds is 4. The van der Waals surface area contributed by atoms with E-state index in [1.807, 2.05) is 29.2 Å². The van der Waals surface area contributed by atoms with Crippen molar-refractivity contribution >= 4 is 23.2 Å². The van der Waals surface area contributed by atoms with Crippen molar-refractivity contribution in [2.24, 2.45) is 0 Å². The highest BCUT2D eigenvalue weighted by molar-refractivity contribution is 6.30. The number of carbonyl (C=O) groups is 1. The molecular weight excluding hydrogens is 340 g/mol. The fourth-order valence-corrected chi connectivity index (χ4v) is 3.09. The summed E-state index contributed by atoms with van der Waals surface area (Å²) in [6.45, 7) is 2.89.